The van der Waals surface area contributed by atoms with Crippen molar-refractivity contribution in [2.45, 2.75) is 37.8 Å². The van der Waals surface area contributed by atoms with Crippen molar-refractivity contribution in [3.63, 3.8) is 0 Å². The SMILES string of the molecule is NC1CCC(NC(=O)c2cncc(-c3ccccc3)c2)CC1. The van der Waals surface area contributed by atoms with Crippen LogP contribution < -0.4 is 11.1 Å². The molecule has 1 aromatic heterocycles. The number of carbonyl (C=O) groups excluding carboxylic acids is 1. The zero-order valence-electron chi connectivity index (χ0n) is 12.5. The maximum Gasteiger partial charge on any atom is 0.253 e. The Morgan fingerprint density at radius 1 is 1.05 bits per heavy atom. The fourth-order valence-electron chi connectivity index (χ4n) is 2.88. The number of hydrogen-bond donors (Lipinski definition) is 2. The molecule has 1 fully saturated rings. The van der Waals surface area contributed by atoms with E-state index in [4.69, 9.17) is 5.73 Å². The quantitative estimate of drug-likeness (QED) is 0.915. The number of benzene rings is 1. The van der Waals surface area contributed by atoms with Crippen LogP contribution in [0.1, 0.15) is 36.0 Å². The minimum Gasteiger partial charge on any atom is -0.349 e. The number of nitrogens with two attached hydrogens (primary N) is 1. The highest BCUT2D eigenvalue weighted by molar-refractivity contribution is 5.95. The van der Waals surface area contributed by atoms with Gasteiger partial charge in [0.25, 0.3) is 5.91 Å². The number of hydrogen-bond acceptors (Lipinski definition) is 3. The highest BCUT2D eigenvalue weighted by Crippen LogP contribution is 2.20. The molecular weight excluding hydrogens is 274 g/mol. The van der Waals surface area contributed by atoms with Crippen LogP contribution in [0.15, 0.2) is 48.8 Å². The van der Waals surface area contributed by atoms with E-state index >= 15 is 0 Å². The van der Waals surface area contributed by atoms with E-state index in [1.165, 1.54) is 0 Å². The summed E-state index contributed by atoms with van der Waals surface area (Å²) in [5, 5.41) is 3.10. The molecule has 4 heteroatoms. The number of rotatable bonds is 3. The fourth-order valence-corrected chi connectivity index (χ4v) is 2.88. The van der Waals surface area contributed by atoms with Crippen molar-refractivity contribution in [3.8, 4) is 11.1 Å². The summed E-state index contributed by atoms with van der Waals surface area (Å²) >= 11 is 0. The van der Waals surface area contributed by atoms with Crippen molar-refractivity contribution >= 4 is 5.91 Å². The fraction of sp³-hybridized carbons (Fsp3) is 0.333. The Kier molecular flexibility index (Phi) is 4.49. The molecule has 114 valence electrons. The second-order valence-electron chi connectivity index (χ2n) is 5.91. The van der Waals surface area contributed by atoms with Crippen molar-refractivity contribution in [1.82, 2.24) is 10.3 Å². The molecule has 3 rings (SSSR count). The summed E-state index contributed by atoms with van der Waals surface area (Å²) in [5.41, 5.74) is 8.53. The molecular formula is C18H21N3O. The van der Waals surface area contributed by atoms with Gasteiger partial charge < -0.3 is 11.1 Å². The highest BCUT2D eigenvalue weighted by Gasteiger charge is 2.20. The summed E-state index contributed by atoms with van der Waals surface area (Å²) in [6, 6.07) is 12.4. The maximum atomic E-state index is 12.4. The molecule has 0 atom stereocenters. The summed E-state index contributed by atoms with van der Waals surface area (Å²) in [5.74, 6) is -0.0502. The summed E-state index contributed by atoms with van der Waals surface area (Å²) in [7, 11) is 0. The predicted octanol–water partition coefficient (Wildman–Crippen LogP) is 2.75. The molecule has 1 aliphatic rings. The minimum atomic E-state index is -0.0502. The molecule has 4 nitrogen and oxygen atoms in total. The Morgan fingerprint density at radius 2 is 1.77 bits per heavy atom. The van der Waals surface area contributed by atoms with Gasteiger partial charge in [0.2, 0.25) is 0 Å². The van der Waals surface area contributed by atoms with Crippen LogP contribution in [0.3, 0.4) is 0 Å². The van der Waals surface area contributed by atoms with Crippen LogP contribution in [0.5, 0.6) is 0 Å². The second-order valence-corrected chi connectivity index (χ2v) is 5.91. The van der Waals surface area contributed by atoms with E-state index < -0.39 is 0 Å². The summed E-state index contributed by atoms with van der Waals surface area (Å²) in [6.07, 6.45) is 7.28. The van der Waals surface area contributed by atoms with Crippen LogP contribution in [0.2, 0.25) is 0 Å². The van der Waals surface area contributed by atoms with Gasteiger partial charge in [-0.05, 0) is 37.3 Å². The second kappa shape index (κ2) is 6.71. The van der Waals surface area contributed by atoms with E-state index in [0.29, 0.717) is 5.56 Å². The molecule has 1 amide bonds. The number of carbonyl (C=O) groups is 1. The van der Waals surface area contributed by atoms with Gasteiger partial charge in [-0.15, -0.1) is 0 Å². The molecule has 0 saturated heterocycles. The molecule has 0 unspecified atom stereocenters. The topological polar surface area (TPSA) is 68.0 Å². The van der Waals surface area contributed by atoms with Gasteiger partial charge in [0.1, 0.15) is 0 Å². The average molecular weight is 295 g/mol. The van der Waals surface area contributed by atoms with Crippen molar-refractivity contribution in [1.29, 1.82) is 0 Å². The van der Waals surface area contributed by atoms with E-state index in [0.717, 1.165) is 36.8 Å². The molecule has 0 spiro atoms. The Balaban J connectivity index is 1.71. The first-order chi connectivity index (χ1) is 10.7. The number of pyridine rings is 1. The normalized spacial score (nSPS) is 21.3. The molecule has 0 radical (unpaired) electrons. The Labute approximate surface area is 130 Å². The summed E-state index contributed by atoms with van der Waals surface area (Å²) < 4.78 is 0. The third-order valence-electron chi connectivity index (χ3n) is 4.21. The lowest BCUT2D eigenvalue weighted by Gasteiger charge is -2.26. The van der Waals surface area contributed by atoms with Crippen LogP contribution in [0, 0.1) is 0 Å². The first-order valence-corrected chi connectivity index (χ1v) is 7.79. The standard InChI is InChI=1S/C18H21N3O/c19-16-6-8-17(9-7-16)21-18(22)15-10-14(11-20-12-15)13-4-2-1-3-5-13/h1-5,10-12,16-17H,6-9,19H2,(H,21,22). The van der Waals surface area contributed by atoms with E-state index in [1.54, 1.807) is 12.4 Å². The number of nitrogens with one attached hydrogen (secondary N) is 1. The van der Waals surface area contributed by atoms with Crippen molar-refractivity contribution in [2.24, 2.45) is 5.73 Å². The third-order valence-corrected chi connectivity index (χ3v) is 4.21. The number of aromatic nitrogens is 1. The third kappa shape index (κ3) is 3.52. The predicted molar refractivity (Wildman–Crippen MR) is 87.4 cm³/mol. The van der Waals surface area contributed by atoms with Crippen LogP contribution in [-0.4, -0.2) is 23.0 Å². The average Bonchev–Trinajstić information content (AvgIpc) is 2.58. The minimum absolute atomic E-state index is 0.0502. The maximum absolute atomic E-state index is 12.4. The van der Waals surface area contributed by atoms with Gasteiger partial charge in [-0.2, -0.15) is 0 Å². The van der Waals surface area contributed by atoms with Gasteiger partial charge in [-0.25, -0.2) is 0 Å². The van der Waals surface area contributed by atoms with Crippen molar-refractivity contribution in [2.75, 3.05) is 0 Å². The van der Waals surface area contributed by atoms with Gasteiger partial charge in [0.05, 0.1) is 5.56 Å². The molecule has 2 aromatic rings. The van der Waals surface area contributed by atoms with Crippen molar-refractivity contribution < 1.29 is 4.79 Å². The van der Waals surface area contributed by atoms with Crippen LogP contribution in [-0.2, 0) is 0 Å². The molecule has 1 saturated carbocycles. The molecule has 1 aromatic carbocycles. The van der Waals surface area contributed by atoms with Gasteiger partial charge in [0.15, 0.2) is 0 Å². The monoisotopic (exact) mass is 295 g/mol. The molecule has 22 heavy (non-hydrogen) atoms. The molecule has 0 bridgehead atoms. The van der Waals surface area contributed by atoms with E-state index in [1.807, 2.05) is 36.4 Å². The first-order valence-electron chi connectivity index (χ1n) is 7.79. The molecule has 0 aliphatic heterocycles. The summed E-state index contributed by atoms with van der Waals surface area (Å²) in [6.45, 7) is 0. The van der Waals surface area contributed by atoms with E-state index in [2.05, 4.69) is 10.3 Å². The highest BCUT2D eigenvalue weighted by atomic mass is 16.1. The van der Waals surface area contributed by atoms with Gasteiger partial charge in [-0.1, -0.05) is 30.3 Å². The lowest BCUT2D eigenvalue weighted by molar-refractivity contribution is 0.0925. The molecule has 3 N–H and O–H groups in total. The van der Waals surface area contributed by atoms with Gasteiger partial charge in [-0.3, -0.25) is 9.78 Å². The zero-order chi connectivity index (χ0) is 15.4. The first kappa shape index (κ1) is 14.7. The largest absolute Gasteiger partial charge is 0.349 e. The zero-order valence-corrected chi connectivity index (χ0v) is 12.5. The smallest absolute Gasteiger partial charge is 0.253 e. The van der Waals surface area contributed by atoms with Crippen molar-refractivity contribution in [3.05, 3.63) is 54.4 Å². The van der Waals surface area contributed by atoms with E-state index in [9.17, 15) is 4.79 Å². The van der Waals surface area contributed by atoms with Crippen LogP contribution >= 0.6 is 0 Å². The van der Waals surface area contributed by atoms with Gasteiger partial charge in [0, 0.05) is 30.0 Å². The lowest BCUT2D eigenvalue weighted by Crippen LogP contribution is -2.40. The number of nitrogens with zero attached hydrogens (tertiary/aromatic N) is 1. The number of amides is 1. The lowest BCUT2D eigenvalue weighted by atomic mass is 9.91. The van der Waals surface area contributed by atoms with Crippen LogP contribution in [0.25, 0.3) is 11.1 Å². The van der Waals surface area contributed by atoms with Gasteiger partial charge >= 0.3 is 0 Å². The Bertz CT molecular complexity index is 634. The Morgan fingerprint density at radius 3 is 2.50 bits per heavy atom. The molecule has 1 heterocycles. The van der Waals surface area contributed by atoms with Crippen LogP contribution in [0.4, 0.5) is 0 Å². The Hall–Kier alpha value is -2.20. The molecule has 1 aliphatic carbocycles. The summed E-state index contributed by atoms with van der Waals surface area (Å²) in [4.78, 5) is 16.6. The van der Waals surface area contributed by atoms with E-state index in [-0.39, 0.29) is 18.0 Å².